The quantitative estimate of drug-likeness (QED) is 0.786. The minimum absolute atomic E-state index is 0.0197. The lowest BCUT2D eigenvalue weighted by atomic mass is 10.0. The highest BCUT2D eigenvalue weighted by Crippen LogP contribution is 2.33. The van der Waals surface area contributed by atoms with Crippen LogP contribution < -0.4 is 10.5 Å². The van der Waals surface area contributed by atoms with E-state index in [2.05, 4.69) is 5.32 Å². The predicted molar refractivity (Wildman–Crippen MR) is 81.6 cm³/mol. The Kier molecular flexibility index (Phi) is 4.68. The third-order valence-electron chi connectivity index (χ3n) is 3.99. The van der Waals surface area contributed by atoms with E-state index in [0.29, 0.717) is 12.1 Å². The Morgan fingerprint density at radius 3 is 2.57 bits per heavy atom. The number of benzene rings is 1. The topological polar surface area (TPSA) is 89.3 Å². The molecule has 5 nitrogen and oxygen atoms in total. The van der Waals surface area contributed by atoms with Gasteiger partial charge >= 0.3 is 0 Å². The highest BCUT2D eigenvalue weighted by Gasteiger charge is 2.20. The molecule has 0 spiro atoms. The van der Waals surface area contributed by atoms with Crippen LogP contribution in [0.25, 0.3) is 0 Å². The Hall–Kier alpha value is -1.40. The summed E-state index contributed by atoms with van der Waals surface area (Å²) in [7, 11) is -3.81. The van der Waals surface area contributed by atoms with Crippen LogP contribution in [0.4, 0.5) is 0 Å². The average Bonchev–Trinajstić information content (AvgIpc) is 3.20. The molecule has 0 bridgehead atoms. The number of primary sulfonamides is 1. The van der Waals surface area contributed by atoms with Gasteiger partial charge in [-0.1, -0.05) is 12.8 Å². The molecule has 6 heteroatoms. The number of hydrogen-bond acceptors (Lipinski definition) is 3. The van der Waals surface area contributed by atoms with Crippen LogP contribution in [0.5, 0.6) is 0 Å². The number of nitrogens with one attached hydrogen (secondary N) is 1. The fraction of sp³-hybridized carbons (Fsp3) is 0.533. The Balaban J connectivity index is 2.09. The molecule has 0 atom stereocenters. The first-order chi connectivity index (χ1) is 9.79. The summed E-state index contributed by atoms with van der Waals surface area (Å²) in [6.45, 7) is 4.20. The molecule has 0 unspecified atom stereocenters. The summed E-state index contributed by atoms with van der Waals surface area (Å²) in [5.41, 5.74) is 1.90. The van der Waals surface area contributed by atoms with Crippen molar-refractivity contribution in [2.75, 3.05) is 6.54 Å². The molecule has 116 valence electrons. The van der Waals surface area contributed by atoms with Gasteiger partial charge < -0.3 is 5.32 Å². The molecule has 0 saturated heterocycles. The first-order valence-electron chi connectivity index (χ1n) is 7.21. The van der Waals surface area contributed by atoms with Gasteiger partial charge in [-0.15, -0.1) is 0 Å². The Morgan fingerprint density at radius 2 is 2.00 bits per heavy atom. The standard InChI is InChI=1S/C15H22N2O3S/c1-10-8-13(21(16,19)20)9-14(11(10)2)15(18)17-7-3-4-12-5-6-12/h8-9,12H,3-7H2,1-2H3,(H,17,18)(H2,16,19,20). The molecule has 1 saturated carbocycles. The zero-order valence-electron chi connectivity index (χ0n) is 12.5. The Morgan fingerprint density at radius 1 is 1.33 bits per heavy atom. The molecule has 1 aromatic rings. The van der Waals surface area contributed by atoms with Crippen LogP contribution >= 0.6 is 0 Å². The van der Waals surface area contributed by atoms with Crippen molar-refractivity contribution in [1.29, 1.82) is 0 Å². The maximum Gasteiger partial charge on any atom is 0.251 e. The largest absolute Gasteiger partial charge is 0.352 e. The first-order valence-corrected chi connectivity index (χ1v) is 8.76. The summed E-state index contributed by atoms with van der Waals surface area (Å²) in [6, 6.07) is 2.85. The number of aryl methyl sites for hydroxylation is 1. The summed E-state index contributed by atoms with van der Waals surface area (Å²) in [4.78, 5) is 12.2. The van der Waals surface area contributed by atoms with Crippen molar-refractivity contribution < 1.29 is 13.2 Å². The molecule has 0 aromatic heterocycles. The molecular weight excluding hydrogens is 288 g/mol. The van der Waals surface area contributed by atoms with Gasteiger partial charge in [0.05, 0.1) is 4.90 Å². The number of rotatable bonds is 6. The normalized spacial score (nSPS) is 15.0. The molecule has 21 heavy (non-hydrogen) atoms. The average molecular weight is 310 g/mol. The molecule has 0 aliphatic heterocycles. The van der Waals surface area contributed by atoms with Gasteiger partial charge in [0.1, 0.15) is 0 Å². The molecule has 0 radical (unpaired) electrons. The lowest BCUT2D eigenvalue weighted by Crippen LogP contribution is -2.26. The van der Waals surface area contributed by atoms with Crippen molar-refractivity contribution in [3.63, 3.8) is 0 Å². The Labute approximate surface area is 126 Å². The fourth-order valence-corrected chi connectivity index (χ4v) is 2.94. The molecule has 1 aliphatic rings. The van der Waals surface area contributed by atoms with E-state index in [1.165, 1.54) is 25.0 Å². The van der Waals surface area contributed by atoms with Crippen molar-refractivity contribution in [2.24, 2.45) is 11.1 Å². The highest BCUT2D eigenvalue weighted by molar-refractivity contribution is 7.89. The van der Waals surface area contributed by atoms with Crippen LogP contribution in [0.15, 0.2) is 17.0 Å². The summed E-state index contributed by atoms with van der Waals surface area (Å²) in [6.07, 6.45) is 4.73. The van der Waals surface area contributed by atoms with Crippen LogP contribution in [0.2, 0.25) is 0 Å². The van der Waals surface area contributed by atoms with Gasteiger partial charge in [0.15, 0.2) is 0 Å². The van der Waals surface area contributed by atoms with Gasteiger partial charge in [0.2, 0.25) is 10.0 Å². The molecule has 1 fully saturated rings. The first kappa shape index (κ1) is 16.0. The van der Waals surface area contributed by atoms with E-state index >= 15 is 0 Å². The second-order valence-corrected chi connectivity index (χ2v) is 7.36. The van der Waals surface area contributed by atoms with Gasteiger partial charge in [0, 0.05) is 12.1 Å². The molecule has 0 heterocycles. The van der Waals surface area contributed by atoms with Crippen LogP contribution in [0.3, 0.4) is 0 Å². The fourth-order valence-electron chi connectivity index (χ4n) is 2.32. The molecular formula is C15H22N2O3S. The van der Waals surface area contributed by atoms with E-state index in [1.807, 2.05) is 0 Å². The van der Waals surface area contributed by atoms with E-state index < -0.39 is 10.0 Å². The van der Waals surface area contributed by atoms with Gasteiger partial charge in [-0.2, -0.15) is 0 Å². The smallest absolute Gasteiger partial charge is 0.251 e. The van der Waals surface area contributed by atoms with Crippen LogP contribution in [0, 0.1) is 19.8 Å². The monoisotopic (exact) mass is 310 g/mol. The number of nitrogens with two attached hydrogens (primary N) is 1. The van der Waals surface area contributed by atoms with Gasteiger partial charge in [-0.25, -0.2) is 13.6 Å². The van der Waals surface area contributed by atoms with E-state index in [4.69, 9.17) is 5.14 Å². The van der Waals surface area contributed by atoms with E-state index in [9.17, 15) is 13.2 Å². The van der Waals surface area contributed by atoms with Crippen LogP contribution in [0.1, 0.15) is 47.2 Å². The molecule has 2 rings (SSSR count). The van der Waals surface area contributed by atoms with E-state index in [0.717, 1.165) is 29.9 Å². The molecule has 3 N–H and O–H groups in total. The van der Waals surface area contributed by atoms with Crippen molar-refractivity contribution >= 4 is 15.9 Å². The Bertz CT molecular complexity index is 649. The van der Waals surface area contributed by atoms with Gasteiger partial charge in [-0.3, -0.25) is 4.79 Å². The van der Waals surface area contributed by atoms with Crippen molar-refractivity contribution in [3.05, 3.63) is 28.8 Å². The maximum atomic E-state index is 12.2. The highest BCUT2D eigenvalue weighted by atomic mass is 32.2. The van der Waals surface area contributed by atoms with Crippen molar-refractivity contribution in [1.82, 2.24) is 5.32 Å². The number of sulfonamides is 1. The molecule has 1 aliphatic carbocycles. The number of hydrogen-bond donors (Lipinski definition) is 2. The number of carbonyl (C=O) groups is 1. The lowest BCUT2D eigenvalue weighted by Gasteiger charge is -2.11. The zero-order valence-corrected chi connectivity index (χ0v) is 13.3. The van der Waals surface area contributed by atoms with Crippen molar-refractivity contribution in [2.45, 2.75) is 44.4 Å². The van der Waals surface area contributed by atoms with Gasteiger partial charge in [-0.05, 0) is 55.9 Å². The lowest BCUT2D eigenvalue weighted by molar-refractivity contribution is 0.0952. The van der Waals surface area contributed by atoms with Crippen LogP contribution in [-0.4, -0.2) is 20.9 Å². The number of carbonyl (C=O) groups excluding carboxylic acids is 1. The minimum atomic E-state index is -3.81. The third-order valence-corrected chi connectivity index (χ3v) is 4.88. The SMILES string of the molecule is Cc1cc(S(N)(=O)=O)cc(C(=O)NCCCC2CC2)c1C. The van der Waals surface area contributed by atoms with E-state index in [1.54, 1.807) is 13.8 Å². The molecule has 1 aromatic carbocycles. The number of amides is 1. The summed E-state index contributed by atoms with van der Waals surface area (Å²) < 4.78 is 22.9. The summed E-state index contributed by atoms with van der Waals surface area (Å²) >= 11 is 0. The summed E-state index contributed by atoms with van der Waals surface area (Å²) in [5, 5.41) is 8.00. The van der Waals surface area contributed by atoms with Gasteiger partial charge in [0.25, 0.3) is 5.91 Å². The molecule has 1 amide bonds. The second-order valence-electron chi connectivity index (χ2n) is 5.80. The second kappa shape index (κ2) is 6.15. The maximum absolute atomic E-state index is 12.2. The third kappa shape index (κ3) is 4.28. The van der Waals surface area contributed by atoms with E-state index in [-0.39, 0.29) is 10.8 Å². The minimum Gasteiger partial charge on any atom is -0.352 e. The van der Waals surface area contributed by atoms with Crippen molar-refractivity contribution in [3.8, 4) is 0 Å². The van der Waals surface area contributed by atoms with Crippen LogP contribution in [-0.2, 0) is 10.0 Å². The summed E-state index contributed by atoms with van der Waals surface area (Å²) in [5.74, 6) is 0.605. The predicted octanol–water partition coefficient (Wildman–Crippen LogP) is 1.87. The zero-order chi connectivity index (χ0) is 15.6.